The zero-order chi connectivity index (χ0) is 14.5. The summed E-state index contributed by atoms with van der Waals surface area (Å²) in [6.07, 6.45) is -2.06. The average Bonchev–Trinajstić information content (AvgIpc) is 2.10. The van der Waals surface area contributed by atoms with E-state index in [1.54, 1.807) is 27.7 Å². The zero-order valence-corrected chi connectivity index (χ0v) is 12.2. The molecule has 0 radical (unpaired) electrons. The summed E-state index contributed by atoms with van der Waals surface area (Å²) >= 11 is 0. The quantitative estimate of drug-likeness (QED) is 0.578. The lowest BCUT2D eigenvalue weighted by Gasteiger charge is -2.27. The van der Waals surface area contributed by atoms with Gasteiger partial charge in [0.2, 0.25) is 0 Å². The van der Waals surface area contributed by atoms with Gasteiger partial charge >= 0.3 is 13.7 Å². The molecule has 0 rings (SSSR count). The number of carboxylic acid groups (broad SMARTS) is 1. The second-order valence-corrected chi connectivity index (χ2v) is 6.17. The first kappa shape index (κ1) is 17.5. The molecule has 108 valence electrons. The first-order chi connectivity index (χ1) is 8.07. The first-order valence-electron chi connectivity index (χ1n) is 5.73. The SMILES string of the molecule is CC(C)OP(=O)(NC(C(=O)O)C(C)O)OC(C)C. The van der Waals surface area contributed by atoms with Crippen LogP contribution in [0.5, 0.6) is 0 Å². The van der Waals surface area contributed by atoms with Gasteiger partial charge < -0.3 is 10.2 Å². The highest BCUT2D eigenvalue weighted by Gasteiger charge is 2.36. The third-order valence-electron chi connectivity index (χ3n) is 1.74. The monoisotopic (exact) mass is 283 g/mol. The molecule has 0 aromatic carbocycles. The minimum atomic E-state index is -3.79. The first-order valence-corrected chi connectivity index (χ1v) is 7.27. The minimum Gasteiger partial charge on any atom is -0.480 e. The molecule has 0 bridgehead atoms. The molecule has 3 N–H and O–H groups in total. The summed E-state index contributed by atoms with van der Waals surface area (Å²) in [6.45, 7) is 7.87. The van der Waals surface area contributed by atoms with Gasteiger partial charge in [0.05, 0.1) is 18.3 Å². The van der Waals surface area contributed by atoms with Crippen molar-refractivity contribution in [1.29, 1.82) is 0 Å². The Kier molecular flexibility index (Phi) is 7.02. The maximum absolute atomic E-state index is 12.3. The van der Waals surface area contributed by atoms with Crippen LogP contribution in [0, 0.1) is 0 Å². The van der Waals surface area contributed by atoms with Gasteiger partial charge in [0.1, 0.15) is 6.04 Å². The van der Waals surface area contributed by atoms with Crippen molar-refractivity contribution in [2.24, 2.45) is 0 Å². The maximum Gasteiger partial charge on any atom is 0.406 e. The molecule has 0 fully saturated rings. The van der Waals surface area contributed by atoms with E-state index in [1.165, 1.54) is 6.92 Å². The Balaban J connectivity index is 4.97. The van der Waals surface area contributed by atoms with Gasteiger partial charge in [-0.3, -0.25) is 13.8 Å². The Hall–Kier alpha value is -0.460. The van der Waals surface area contributed by atoms with Crippen molar-refractivity contribution in [3.63, 3.8) is 0 Å². The molecule has 0 aliphatic rings. The molecule has 0 saturated heterocycles. The number of aliphatic carboxylic acids is 1. The summed E-state index contributed by atoms with van der Waals surface area (Å²) in [5, 5.41) is 20.5. The van der Waals surface area contributed by atoms with Gasteiger partial charge in [0.25, 0.3) is 0 Å². The number of hydrogen-bond donors (Lipinski definition) is 3. The fraction of sp³-hybridized carbons (Fsp3) is 0.900. The molecule has 0 aromatic rings. The van der Waals surface area contributed by atoms with Crippen LogP contribution in [0.3, 0.4) is 0 Å². The second kappa shape index (κ2) is 7.21. The van der Waals surface area contributed by atoms with E-state index in [2.05, 4.69) is 5.09 Å². The third-order valence-corrected chi connectivity index (χ3v) is 3.74. The van der Waals surface area contributed by atoms with E-state index in [0.29, 0.717) is 0 Å². The molecule has 2 unspecified atom stereocenters. The van der Waals surface area contributed by atoms with Gasteiger partial charge in [-0.1, -0.05) is 0 Å². The fourth-order valence-corrected chi connectivity index (χ4v) is 3.13. The standard InChI is InChI=1S/C10H22NO6P/c1-6(2)16-18(15,17-7(3)4)11-9(8(5)12)10(13)14/h6-9,12H,1-5H3,(H,11,15)(H,13,14). The van der Waals surface area contributed by atoms with E-state index in [4.69, 9.17) is 14.2 Å². The molecule has 7 nitrogen and oxygen atoms in total. The van der Waals surface area contributed by atoms with Crippen molar-refractivity contribution in [1.82, 2.24) is 5.09 Å². The summed E-state index contributed by atoms with van der Waals surface area (Å²) in [7, 11) is -3.79. The van der Waals surface area contributed by atoms with E-state index < -0.39 is 38.1 Å². The van der Waals surface area contributed by atoms with Crippen molar-refractivity contribution < 1.29 is 28.6 Å². The van der Waals surface area contributed by atoms with Crippen LogP contribution >= 0.6 is 7.75 Å². The molecule has 0 spiro atoms. The lowest BCUT2D eigenvalue weighted by Crippen LogP contribution is -2.44. The molecular formula is C10H22NO6P. The Labute approximate surface area is 107 Å². The molecule has 18 heavy (non-hydrogen) atoms. The van der Waals surface area contributed by atoms with Crippen LogP contribution in [0.2, 0.25) is 0 Å². The van der Waals surface area contributed by atoms with E-state index in [1.807, 2.05) is 0 Å². The average molecular weight is 283 g/mol. The number of nitrogens with one attached hydrogen (secondary N) is 1. The van der Waals surface area contributed by atoms with Crippen LogP contribution in [-0.2, 0) is 18.4 Å². The molecule has 0 heterocycles. The summed E-state index contributed by atoms with van der Waals surface area (Å²) in [4.78, 5) is 10.9. The molecule has 2 atom stereocenters. The predicted octanol–water partition coefficient (Wildman–Crippen LogP) is 1.37. The highest BCUT2D eigenvalue weighted by atomic mass is 31.2. The molecule has 0 saturated carbocycles. The van der Waals surface area contributed by atoms with Gasteiger partial charge in [-0.15, -0.1) is 0 Å². The van der Waals surface area contributed by atoms with E-state index in [0.717, 1.165) is 0 Å². The van der Waals surface area contributed by atoms with Crippen LogP contribution in [0.25, 0.3) is 0 Å². The van der Waals surface area contributed by atoms with Crippen molar-refractivity contribution in [2.45, 2.75) is 59.0 Å². The summed E-state index contributed by atoms with van der Waals surface area (Å²) < 4.78 is 22.6. The Morgan fingerprint density at radius 3 is 1.72 bits per heavy atom. The number of carbonyl (C=O) groups is 1. The molecular weight excluding hydrogens is 261 g/mol. The number of aliphatic hydroxyl groups excluding tert-OH is 1. The zero-order valence-electron chi connectivity index (χ0n) is 11.3. The topological polar surface area (TPSA) is 105 Å². The lowest BCUT2D eigenvalue weighted by atomic mass is 10.2. The summed E-state index contributed by atoms with van der Waals surface area (Å²) in [6, 6.07) is -1.42. The highest BCUT2D eigenvalue weighted by molar-refractivity contribution is 7.51. The Morgan fingerprint density at radius 1 is 1.11 bits per heavy atom. The van der Waals surface area contributed by atoms with Crippen LogP contribution in [0.4, 0.5) is 0 Å². The smallest absolute Gasteiger partial charge is 0.406 e. The van der Waals surface area contributed by atoms with Crippen LogP contribution in [0.1, 0.15) is 34.6 Å². The molecule has 8 heteroatoms. The minimum absolute atomic E-state index is 0.412. The normalized spacial score (nSPS) is 16.0. The Bertz CT molecular complexity index is 303. The predicted molar refractivity (Wildman–Crippen MR) is 66.3 cm³/mol. The summed E-state index contributed by atoms with van der Waals surface area (Å²) in [5.41, 5.74) is 0. The second-order valence-electron chi connectivity index (χ2n) is 4.49. The highest BCUT2D eigenvalue weighted by Crippen LogP contribution is 2.46. The van der Waals surface area contributed by atoms with Crippen LogP contribution < -0.4 is 5.09 Å². The van der Waals surface area contributed by atoms with E-state index in [-0.39, 0.29) is 0 Å². The van der Waals surface area contributed by atoms with Crippen molar-refractivity contribution in [2.75, 3.05) is 0 Å². The number of hydrogen-bond acceptors (Lipinski definition) is 5. The van der Waals surface area contributed by atoms with Gasteiger partial charge in [-0.25, -0.2) is 9.65 Å². The van der Waals surface area contributed by atoms with Crippen LogP contribution in [-0.4, -0.2) is 40.5 Å². The molecule has 0 aliphatic carbocycles. The number of carboxylic acids is 1. The van der Waals surface area contributed by atoms with E-state index in [9.17, 15) is 14.5 Å². The maximum atomic E-state index is 12.3. The number of aliphatic hydroxyl groups is 1. The van der Waals surface area contributed by atoms with Crippen molar-refractivity contribution >= 4 is 13.7 Å². The molecule has 0 aliphatic heterocycles. The van der Waals surface area contributed by atoms with Crippen LogP contribution in [0.15, 0.2) is 0 Å². The largest absolute Gasteiger partial charge is 0.480 e. The molecule has 0 amide bonds. The number of rotatable bonds is 8. The third kappa shape index (κ3) is 6.47. The lowest BCUT2D eigenvalue weighted by molar-refractivity contribution is -0.141. The van der Waals surface area contributed by atoms with Crippen molar-refractivity contribution in [3.05, 3.63) is 0 Å². The van der Waals surface area contributed by atoms with Gasteiger partial charge in [0.15, 0.2) is 0 Å². The van der Waals surface area contributed by atoms with E-state index >= 15 is 0 Å². The van der Waals surface area contributed by atoms with Gasteiger partial charge in [-0.05, 0) is 34.6 Å². The Morgan fingerprint density at radius 2 is 1.50 bits per heavy atom. The van der Waals surface area contributed by atoms with Gasteiger partial charge in [0, 0.05) is 0 Å². The van der Waals surface area contributed by atoms with Gasteiger partial charge in [-0.2, -0.15) is 0 Å². The summed E-state index contributed by atoms with van der Waals surface area (Å²) in [5.74, 6) is -1.33. The fourth-order valence-electron chi connectivity index (χ4n) is 1.18. The molecule has 0 aromatic heterocycles. The van der Waals surface area contributed by atoms with Crippen molar-refractivity contribution in [3.8, 4) is 0 Å².